The monoisotopic (exact) mass is 181 g/mol. The lowest BCUT2D eigenvalue weighted by Gasteiger charge is -2.11. The minimum absolute atomic E-state index is 0.273. The van der Waals surface area contributed by atoms with Crippen LogP contribution in [0.2, 0.25) is 0 Å². The van der Waals surface area contributed by atoms with Crippen molar-refractivity contribution in [2.75, 3.05) is 14.2 Å². The molecule has 0 fully saturated rings. The van der Waals surface area contributed by atoms with Gasteiger partial charge in [0.2, 0.25) is 0 Å². The molecular weight excluding hydrogens is 170 g/mol. The van der Waals surface area contributed by atoms with Crippen LogP contribution in [0.1, 0.15) is 16.2 Å². The molecule has 0 aliphatic heterocycles. The van der Waals surface area contributed by atoms with Crippen LogP contribution in [-0.4, -0.2) is 35.3 Å². The van der Waals surface area contributed by atoms with Crippen LogP contribution >= 0.6 is 0 Å². The van der Waals surface area contributed by atoms with Crippen LogP contribution in [0.4, 0.5) is 0 Å². The second-order valence-corrected chi connectivity index (χ2v) is 2.55. The number of hydrogen-bond donors (Lipinski definition) is 0. The molecule has 1 heterocycles. The number of nitrogens with zero attached hydrogens (tertiary/aromatic N) is 3. The molecule has 0 atom stereocenters. The SMILES string of the molecule is CON(C)C(=O)c1ccc(C)nn1. The molecule has 0 N–H and O–H groups in total. The molecule has 70 valence electrons. The van der Waals surface area contributed by atoms with Gasteiger partial charge in [0.25, 0.3) is 5.91 Å². The van der Waals surface area contributed by atoms with Crippen molar-refractivity contribution in [2.24, 2.45) is 0 Å². The maximum absolute atomic E-state index is 11.4. The number of hydroxylamine groups is 2. The van der Waals surface area contributed by atoms with Crippen LogP contribution in [0.15, 0.2) is 12.1 Å². The lowest BCUT2D eigenvalue weighted by atomic mass is 10.3. The van der Waals surface area contributed by atoms with Gasteiger partial charge in [-0.25, -0.2) is 5.06 Å². The first-order valence-corrected chi connectivity index (χ1v) is 3.77. The first kappa shape index (κ1) is 9.60. The Balaban J connectivity index is 2.83. The zero-order valence-electron chi connectivity index (χ0n) is 7.81. The highest BCUT2D eigenvalue weighted by Gasteiger charge is 2.12. The summed E-state index contributed by atoms with van der Waals surface area (Å²) in [6.45, 7) is 1.81. The van der Waals surface area contributed by atoms with E-state index in [-0.39, 0.29) is 11.6 Å². The number of aromatic nitrogens is 2. The second-order valence-electron chi connectivity index (χ2n) is 2.55. The quantitative estimate of drug-likeness (QED) is 0.620. The van der Waals surface area contributed by atoms with Gasteiger partial charge in [0.05, 0.1) is 12.8 Å². The van der Waals surface area contributed by atoms with E-state index < -0.39 is 0 Å². The van der Waals surface area contributed by atoms with Crippen LogP contribution in [0, 0.1) is 6.92 Å². The number of rotatable bonds is 2. The van der Waals surface area contributed by atoms with E-state index in [1.54, 1.807) is 19.1 Å². The number of hydrogen-bond acceptors (Lipinski definition) is 4. The molecule has 1 rings (SSSR count). The van der Waals surface area contributed by atoms with E-state index in [1.165, 1.54) is 14.2 Å². The van der Waals surface area contributed by atoms with Crippen LogP contribution in [0.3, 0.4) is 0 Å². The molecule has 1 aromatic rings. The summed E-state index contributed by atoms with van der Waals surface area (Å²) in [6.07, 6.45) is 0. The molecule has 5 nitrogen and oxygen atoms in total. The van der Waals surface area contributed by atoms with E-state index in [0.717, 1.165) is 10.8 Å². The van der Waals surface area contributed by atoms with E-state index in [4.69, 9.17) is 4.84 Å². The van der Waals surface area contributed by atoms with Crippen molar-refractivity contribution in [1.29, 1.82) is 0 Å². The maximum atomic E-state index is 11.4. The predicted molar refractivity (Wildman–Crippen MR) is 45.9 cm³/mol. The zero-order valence-corrected chi connectivity index (χ0v) is 7.81. The first-order valence-electron chi connectivity index (χ1n) is 3.77. The summed E-state index contributed by atoms with van der Waals surface area (Å²) in [5, 5.41) is 8.59. The van der Waals surface area contributed by atoms with E-state index in [2.05, 4.69) is 10.2 Å². The van der Waals surface area contributed by atoms with E-state index >= 15 is 0 Å². The fourth-order valence-electron chi connectivity index (χ4n) is 0.757. The van der Waals surface area contributed by atoms with Gasteiger partial charge in [0, 0.05) is 7.05 Å². The van der Waals surface area contributed by atoms with Gasteiger partial charge >= 0.3 is 0 Å². The number of amides is 1. The van der Waals surface area contributed by atoms with Crippen molar-refractivity contribution in [3.05, 3.63) is 23.5 Å². The molecule has 0 aliphatic carbocycles. The Labute approximate surface area is 76.3 Å². The number of carbonyl (C=O) groups excluding carboxylic acids is 1. The number of aryl methyl sites for hydroxylation is 1. The van der Waals surface area contributed by atoms with Gasteiger partial charge in [0.15, 0.2) is 5.69 Å². The average molecular weight is 181 g/mol. The Morgan fingerprint density at radius 2 is 2.15 bits per heavy atom. The Hall–Kier alpha value is -1.49. The van der Waals surface area contributed by atoms with Crippen LogP contribution in [0.25, 0.3) is 0 Å². The van der Waals surface area contributed by atoms with Crippen molar-refractivity contribution in [2.45, 2.75) is 6.92 Å². The summed E-state index contributed by atoms with van der Waals surface area (Å²) in [4.78, 5) is 16.1. The summed E-state index contributed by atoms with van der Waals surface area (Å²) < 4.78 is 0. The summed E-state index contributed by atoms with van der Waals surface area (Å²) in [5.41, 5.74) is 1.05. The molecule has 5 heteroatoms. The molecule has 0 saturated heterocycles. The van der Waals surface area contributed by atoms with Crippen molar-refractivity contribution in [1.82, 2.24) is 15.3 Å². The predicted octanol–water partition coefficient (Wildman–Crippen LogP) is 0.418. The second kappa shape index (κ2) is 3.95. The van der Waals surface area contributed by atoms with E-state index in [9.17, 15) is 4.79 Å². The van der Waals surface area contributed by atoms with Crippen molar-refractivity contribution in [3.8, 4) is 0 Å². The molecule has 13 heavy (non-hydrogen) atoms. The Morgan fingerprint density at radius 3 is 2.62 bits per heavy atom. The smallest absolute Gasteiger partial charge is 0.274 e. The molecule has 0 radical (unpaired) electrons. The van der Waals surface area contributed by atoms with Crippen molar-refractivity contribution < 1.29 is 9.63 Å². The third-order valence-corrected chi connectivity index (χ3v) is 1.58. The van der Waals surface area contributed by atoms with Crippen molar-refractivity contribution in [3.63, 3.8) is 0 Å². The molecule has 0 aliphatic rings. The summed E-state index contributed by atoms with van der Waals surface area (Å²) in [7, 11) is 2.93. The van der Waals surface area contributed by atoms with Crippen LogP contribution < -0.4 is 0 Å². The first-order chi connectivity index (χ1) is 6.15. The molecule has 0 saturated carbocycles. The molecular formula is C8H11N3O2. The van der Waals surface area contributed by atoms with Gasteiger partial charge in [-0.2, -0.15) is 5.10 Å². The normalized spacial score (nSPS) is 9.77. The molecule has 0 aromatic carbocycles. The standard InChI is InChI=1S/C8H11N3O2/c1-6-4-5-7(10-9-6)8(12)11(2)13-3/h4-5H,1-3H3. The summed E-state index contributed by atoms with van der Waals surface area (Å²) >= 11 is 0. The molecule has 0 bridgehead atoms. The maximum Gasteiger partial charge on any atom is 0.297 e. The van der Waals surface area contributed by atoms with Gasteiger partial charge in [0.1, 0.15) is 0 Å². The Bertz CT molecular complexity index is 297. The third kappa shape index (κ3) is 2.22. The molecule has 1 amide bonds. The van der Waals surface area contributed by atoms with E-state index in [0.29, 0.717) is 0 Å². The van der Waals surface area contributed by atoms with Gasteiger partial charge in [-0.1, -0.05) is 0 Å². The Morgan fingerprint density at radius 1 is 1.46 bits per heavy atom. The van der Waals surface area contributed by atoms with Crippen LogP contribution in [-0.2, 0) is 4.84 Å². The highest BCUT2D eigenvalue weighted by Crippen LogP contribution is 1.99. The van der Waals surface area contributed by atoms with Gasteiger partial charge in [-0.3, -0.25) is 9.63 Å². The lowest BCUT2D eigenvalue weighted by Crippen LogP contribution is -2.26. The Kier molecular flexibility index (Phi) is 2.92. The van der Waals surface area contributed by atoms with Gasteiger partial charge in [-0.15, -0.1) is 5.10 Å². The van der Waals surface area contributed by atoms with Gasteiger partial charge in [-0.05, 0) is 19.1 Å². The fourth-order valence-corrected chi connectivity index (χ4v) is 0.757. The molecule has 0 unspecified atom stereocenters. The topological polar surface area (TPSA) is 55.3 Å². The fraction of sp³-hybridized carbons (Fsp3) is 0.375. The summed E-state index contributed by atoms with van der Waals surface area (Å²) in [5.74, 6) is -0.310. The third-order valence-electron chi connectivity index (χ3n) is 1.58. The lowest BCUT2D eigenvalue weighted by molar-refractivity contribution is -0.0761. The molecule has 0 spiro atoms. The highest BCUT2D eigenvalue weighted by molar-refractivity contribution is 5.91. The largest absolute Gasteiger partial charge is 0.297 e. The molecule has 1 aromatic heterocycles. The highest BCUT2D eigenvalue weighted by atomic mass is 16.7. The van der Waals surface area contributed by atoms with Gasteiger partial charge < -0.3 is 0 Å². The zero-order chi connectivity index (χ0) is 9.84. The van der Waals surface area contributed by atoms with Crippen molar-refractivity contribution >= 4 is 5.91 Å². The number of carbonyl (C=O) groups is 1. The minimum Gasteiger partial charge on any atom is -0.274 e. The van der Waals surface area contributed by atoms with E-state index in [1.807, 2.05) is 0 Å². The van der Waals surface area contributed by atoms with Crippen LogP contribution in [0.5, 0.6) is 0 Å². The summed E-state index contributed by atoms with van der Waals surface area (Å²) in [6, 6.07) is 3.34. The average Bonchev–Trinajstić information content (AvgIpc) is 2.17. The minimum atomic E-state index is -0.310.